The second kappa shape index (κ2) is 6.38. The number of carbonyl (C=O) groups is 2. The molecule has 6 nitrogen and oxygen atoms in total. The molecule has 1 aliphatic rings. The van der Waals surface area contributed by atoms with E-state index in [-0.39, 0.29) is 11.6 Å². The van der Waals surface area contributed by atoms with Crippen molar-refractivity contribution in [3.63, 3.8) is 0 Å². The first kappa shape index (κ1) is 14.3. The van der Waals surface area contributed by atoms with Crippen LogP contribution in [-0.4, -0.2) is 41.6 Å². The molecule has 0 atom stereocenters. The van der Waals surface area contributed by atoms with Gasteiger partial charge in [0.25, 0.3) is 0 Å². The summed E-state index contributed by atoms with van der Waals surface area (Å²) in [4.78, 5) is 24.6. The standard InChI is InChI=1S/C14H19N3O3/c15-5-1-6-16-14(20)17-7-4-10-2-3-11(13(18)19)8-12(10)9-17/h2-3,8H,1,4-7,9,15H2,(H,16,20)(H,18,19). The van der Waals surface area contributed by atoms with E-state index in [9.17, 15) is 9.59 Å². The summed E-state index contributed by atoms with van der Waals surface area (Å²) in [6.45, 7) is 2.21. The molecule has 6 heteroatoms. The molecule has 0 unspecified atom stereocenters. The van der Waals surface area contributed by atoms with Gasteiger partial charge in [-0.25, -0.2) is 9.59 Å². The molecule has 1 heterocycles. The summed E-state index contributed by atoms with van der Waals surface area (Å²) in [7, 11) is 0. The van der Waals surface area contributed by atoms with E-state index in [1.165, 1.54) is 0 Å². The van der Waals surface area contributed by atoms with Crippen molar-refractivity contribution in [2.45, 2.75) is 19.4 Å². The highest BCUT2D eigenvalue weighted by Gasteiger charge is 2.21. The zero-order valence-corrected chi connectivity index (χ0v) is 11.3. The first-order valence-corrected chi connectivity index (χ1v) is 6.69. The largest absolute Gasteiger partial charge is 0.478 e. The number of urea groups is 1. The SMILES string of the molecule is NCCCNC(=O)N1CCc2ccc(C(=O)O)cc2C1. The number of carboxylic acid groups (broad SMARTS) is 1. The lowest BCUT2D eigenvalue weighted by Gasteiger charge is -2.29. The molecule has 0 radical (unpaired) electrons. The maximum atomic E-state index is 12.0. The molecular weight excluding hydrogens is 258 g/mol. The van der Waals surface area contributed by atoms with E-state index in [0.717, 1.165) is 24.0 Å². The van der Waals surface area contributed by atoms with Gasteiger partial charge in [0.1, 0.15) is 0 Å². The summed E-state index contributed by atoms with van der Waals surface area (Å²) in [5.74, 6) is -0.947. The Kier molecular flexibility index (Phi) is 4.57. The highest BCUT2D eigenvalue weighted by molar-refractivity contribution is 5.88. The summed E-state index contributed by atoms with van der Waals surface area (Å²) in [5.41, 5.74) is 7.66. The molecular formula is C14H19N3O3. The van der Waals surface area contributed by atoms with Gasteiger partial charge < -0.3 is 21.1 Å². The van der Waals surface area contributed by atoms with Crippen molar-refractivity contribution in [2.75, 3.05) is 19.6 Å². The summed E-state index contributed by atoms with van der Waals surface area (Å²) in [5, 5.41) is 11.8. The van der Waals surface area contributed by atoms with Crippen LogP contribution < -0.4 is 11.1 Å². The van der Waals surface area contributed by atoms with Gasteiger partial charge in [0.15, 0.2) is 0 Å². The Morgan fingerprint density at radius 2 is 2.15 bits per heavy atom. The molecule has 4 N–H and O–H groups in total. The van der Waals surface area contributed by atoms with Crippen LogP contribution in [0.5, 0.6) is 0 Å². The first-order valence-electron chi connectivity index (χ1n) is 6.69. The van der Waals surface area contributed by atoms with Crippen molar-refractivity contribution in [1.82, 2.24) is 10.2 Å². The number of rotatable bonds is 4. The van der Waals surface area contributed by atoms with Gasteiger partial charge in [-0.1, -0.05) is 6.07 Å². The fraction of sp³-hybridized carbons (Fsp3) is 0.429. The molecule has 1 aliphatic heterocycles. The zero-order valence-electron chi connectivity index (χ0n) is 11.3. The molecule has 2 amide bonds. The zero-order chi connectivity index (χ0) is 14.5. The van der Waals surface area contributed by atoms with Crippen molar-refractivity contribution in [2.24, 2.45) is 5.73 Å². The normalized spacial score (nSPS) is 13.8. The minimum absolute atomic E-state index is 0.121. The quantitative estimate of drug-likeness (QED) is 0.709. The van der Waals surface area contributed by atoms with Crippen LogP contribution >= 0.6 is 0 Å². The van der Waals surface area contributed by atoms with E-state index >= 15 is 0 Å². The first-order chi connectivity index (χ1) is 9.61. The molecule has 0 aromatic heterocycles. The smallest absolute Gasteiger partial charge is 0.335 e. The monoisotopic (exact) mass is 277 g/mol. The highest BCUT2D eigenvalue weighted by Crippen LogP contribution is 2.20. The Morgan fingerprint density at radius 3 is 2.85 bits per heavy atom. The van der Waals surface area contributed by atoms with E-state index in [0.29, 0.717) is 26.2 Å². The average molecular weight is 277 g/mol. The van der Waals surface area contributed by atoms with Crippen LogP contribution in [-0.2, 0) is 13.0 Å². The lowest BCUT2D eigenvalue weighted by Crippen LogP contribution is -2.43. The van der Waals surface area contributed by atoms with Gasteiger partial charge in [-0.05, 0) is 42.6 Å². The topological polar surface area (TPSA) is 95.7 Å². The minimum atomic E-state index is -0.947. The molecule has 0 saturated carbocycles. The number of carbonyl (C=O) groups excluding carboxylic acids is 1. The van der Waals surface area contributed by atoms with Crippen molar-refractivity contribution < 1.29 is 14.7 Å². The van der Waals surface area contributed by atoms with Crippen LogP contribution in [0, 0.1) is 0 Å². The number of nitrogens with zero attached hydrogens (tertiary/aromatic N) is 1. The molecule has 0 spiro atoms. The average Bonchev–Trinajstić information content (AvgIpc) is 2.46. The molecule has 0 fully saturated rings. The predicted molar refractivity (Wildman–Crippen MR) is 74.6 cm³/mol. The Balaban J connectivity index is 2.03. The Hall–Kier alpha value is -2.08. The predicted octanol–water partition coefficient (Wildman–Crippen LogP) is 0.801. The van der Waals surface area contributed by atoms with Gasteiger partial charge in [0.2, 0.25) is 0 Å². The van der Waals surface area contributed by atoms with Crippen molar-refractivity contribution >= 4 is 12.0 Å². The van der Waals surface area contributed by atoms with Gasteiger partial charge in [-0.2, -0.15) is 0 Å². The lowest BCUT2D eigenvalue weighted by atomic mass is 9.97. The van der Waals surface area contributed by atoms with Gasteiger partial charge in [0.05, 0.1) is 5.56 Å². The van der Waals surface area contributed by atoms with Crippen LogP contribution in [0.1, 0.15) is 27.9 Å². The van der Waals surface area contributed by atoms with Crippen LogP contribution in [0.2, 0.25) is 0 Å². The number of nitrogens with one attached hydrogen (secondary N) is 1. The summed E-state index contributed by atoms with van der Waals surface area (Å²) < 4.78 is 0. The van der Waals surface area contributed by atoms with Gasteiger partial charge >= 0.3 is 12.0 Å². The molecule has 1 aromatic carbocycles. The summed E-state index contributed by atoms with van der Waals surface area (Å²) in [6, 6.07) is 4.97. The number of amides is 2. The molecule has 1 aromatic rings. The van der Waals surface area contributed by atoms with Crippen LogP contribution in [0.3, 0.4) is 0 Å². The van der Waals surface area contributed by atoms with Gasteiger partial charge in [0, 0.05) is 19.6 Å². The molecule has 0 aliphatic carbocycles. The number of carboxylic acids is 1. The number of benzene rings is 1. The second-order valence-corrected chi connectivity index (χ2v) is 4.83. The van der Waals surface area contributed by atoms with E-state index < -0.39 is 5.97 Å². The van der Waals surface area contributed by atoms with Gasteiger partial charge in [-0.3, -0.25) is 0 Å². The van der Waals surface area contributed by atoms with E-state index in [4.69, 9.17) is 10.8 Å². The van der Waals surface area contributed by atoms with Crippen molar-refractivity contribution in [3.8, 4) is 0 Å². The van der Waals surface area contributed by atoms with Crippen molar-refractivity contribution in [3.05, 3.63) is 34.9 Å². The van der Waals surface area contributed by atoms with Crippen LogP contribution in [0.25, 0.3) is 0 Å². The number of nitrogens with two attached hydrogens (primary N) is 1. The van der Waals surface area contributed by atoms with Crippen LogP contribution in [0.4, 0.5) is 4.79 Å². The molecule has 20 heavy (non-hydrogen) atoms. The van der Waals surface area contributed by atoms with E-state index in [1.807, 2.05) is 6.07 Å². The number of hydrogen-bond acceptors (Lipinski definition) is 3. The minimum Gasteiger partial charge on any atom is -0.478 e. The molecule has 108 valence electrons. The third-order valence-electron chi connectivity index (χ3n) is 3.41. The van der Waals surface area contributed by atoms with E-state index in [1.54, 1.807) is 17.0 Å². The molecule has 0 saturated heterocycles. The Bertz CT molecular complexity index is 516. The lowest BCUT2D eigenvalue weighted by molar-refractivity contribution is 0.0696. The summed E-state index contributed by atoms with van der Waals surface area (Å²) >= 11 is 0. The van der Waals surface area contributed by atoms with Crippen LogP contribution in [0.15, 0.2) is 18.2 Å². The van der Waals surface area contributed by atoms with E-state index in [2.05, 4.69) is 5.32 Å². The highest BCUT2D eigenvalue weighted by atomic mass is 16.4. The summed E-state index contributed by atoms with van der Waals surface area (Å²) in [6.07, 6.45) is 1.50. The Morgan fingerprint density at radius 1 is 1.35 bits per heavy atom. The number of aromatic carboxylic acids is 1. The maximum Gasteiger partial charge on any atom is 0.335 e. The van der Waals surface area contributed by atoms with Gasteiger partial charge in [-0.15, -0.1) is 0 Å². The second-order valence-electron chi connectivity index (χ2n) is 4.83. The Labute approximate surface area is 117 Å². The number of fused-ring (bicyclic) bond motifs is 1. The van der Waals surface area contributed by atoms with Crippen molar-refractivity contribution in [1.29, 1.82) is 0 Å². The number of hydrogen-bond donors (Lipinski definition) is 3. The maximum absolute atomic E-state index is 12.0. The fourth-order valence-electron chi connectivity index (χ4n) is 2.27. The molecule has 0 bridgehead atoms. The molecule has 2 rings (SSSR count). The third kappa shape index (κ3) is 3.27. The third-order valence-corrected chi connectivity index (χ3v) is 3.41. The fourth-order valence-corrected chi connectivity index (χ4v) is 2.27.